The van der Waals surface area contributed by atoms with Gasteiger partial charge in [0.05, 0.1) is 78.1 Å². The predicted octanol–water partition coefficient (Wildman–Crippen LogP) is 29.6. The predicted molar refractivity (Wildman–Crippen MR) is 479 cm³/mol. The molecular formula is C109H94N4. The van der Waals surface area contributed by atoms with E-state index < -0.39 is 109 Å². The molecule has 0 atom stereocenters. The van der Waals surface area contributed by atoms with Crippen molar-refractivity contribution < 1.29 is 21.9 Å². The summed E-state index contributed by atoms with van der Waals surface area (Å²) in [5.41, 5.74) is 22.9. The van der Waals surface area contributed by atoms with E-state index in [2.05, 4.69) is 287 Å². The molecule has 20 rings (SSSR count). The summed E-state index contributed by atoms with van der Waals surface area (Å²) in [4.78, 5) is 4.77. The lowest BCUT2D eigenvalue weighted by Gasteiger charge is -2.47. The monoisotopic (exact) mass is 1470 g/mol. The van der Waals surface area contributed by atoms with Gasteiger partial charge in [0.1, 0.15) is 0 Å². The van der Waals surface area contributed by atoms with Gasteiger partial charge in [-0.15, -0.1) is 0 Å². The van der Waals surface area contributed by atoms with E-state index in [0.29, 0.717) is 29.2 Å². The molecule has 3 aliphatic rings. The molecule has 4 heteroatoms. The molecule has 0 saturated heterocycles. The summed E-state index contributed by atoms with van der Waals surface area (Å²) in [6.07, 6.45) is 0.661. The maximum absolute atomic E-state index is 10.0. The Hall–Kier alpha value is -12.5. The van der Waals surface area contributed by atoms with Crippen LogP contribution in [0.1, 0.15) is 184 Å². The standard InChI is InChI=1S/C109H94N4/c1-106(2,3)75-51-43-68(44-52-75)83-35-25-36-84(69-45-53-76(54-46-69)107(4,5)6)104(83)112-97-66-79(110-93-39-21-17-31-87(93)88-32-18-22-40-94(88)110)59-61-91(97)102-92-62-60-80(111-95-41-23-19-33-89(95)90-34-20-24-42-96(90)111)67-98(92)113(100-65-74(64-99(112)103(100)102)101-81-29-15-13-27-72(81)63-73-28-14-16-30-82(73)101)105-85(70-47-55-77(56-48-70)108(7,8)9)37-26-38-86(105)71-49-57-78(58-50-71)109(10,11)12/h13-62,64-67,101-102H,63H2,1-12H3/i17D,18D,19D,20D,21D,22D,23D,24D,31D,32D,33D,34D,39D,40D,41D,42D. The molecule has 1 aliphatic carbocycles. The van der Waals surface area contributed by atoms with Gasteiger partial charge in [0.2, 0.25) is 0 Å². The Morgan fingerprint density at radius 3 is 0.894 bits per heavy atom. The van der Waals surface area contributed by atoms with E-state index >= 15 is 0 Å². The molecule has 2 aliphatic heterocycles. The fourth-order valence-electron chi connectivity index (χ4n) is 18.1. The van der Waals surface area contributed by atoms with E-state index in [1.165, 1.54) is 0 Å². The van der Waals surface area contributed by atoms with Crippen molar-refractivity contribution in [2.75, 3.05) is 9.80 Å². The summed E-state index contributed by atoms with van der Waals surface area (Å²) < 4.78 is 157. The van der Waals surface area contributed by atoms with Gasteiger partial charge in [0, 0.05) is 72.6 Å². The Labute approximate surface area is 688 Å². The van der Waals surface area contributed by atoms with Gasteiger partial charge in [-0.25, -0.2) is 0 Å². The second kappa shape index (κ2) is 26.1. The zero-order chi connectivity index (χ0) is 91.1. The first kappa shape index (κ1) is 54.2. The smallest absolute Gasteiger partial charge is 0.0645 e. The maximum atomic E-state index is 10.0. The van der Waals surface area contributed by atoms with Gasteiger partial charge in [0.15, 0.2) is 0 Å². The fourth-order valence-corrected chi connectivity index (χ4v) is 18.1. The number of benzene rings is 15. The van der Waals surface area contributed by atoms with Gasteiger partial charge in [-0.05, 0) is 172 Å². The summed E-state index contributed by atoms with van der Waals surface area (Å²) in [6, 6.07) is 73.8. The van der Waals surface area contributed by atoms with Crippen LogP contribution in [0.3, 0.4) is 0 Å². The molecule has 0 spiro atoms. The minimum absolute atomic E-state index is 0.0506. The number of para-hydroxylation sites is 6. The summed E-state index contributed by atoms with van der Waals surface area (Å²) in [5.74, 6) is -1.27. The number of aromatic nitrogens is 2. The van der Waals surface area contributed by atoms with Crippen molar-refractivity contribution in [3.05, 3.63) is 394 Å². The van der Waals surface area contributed by atoms with Gasteiger partial charge in [0.25, 0.3) is 0 Å². The Morgan fingerprint density at radius 1 is 0.283 bits per heavy atom. The van der Waals surface area contributed by atoms with E-state index in [-0.39, 0.29) is 65.3 Å². The van der Waals surface area contributed by atoms with Gasteiger partial charge < -0.3 is 18.9 Å². The normalized spacial score (nSPS) is 15.7. The highest BCUT2D eigenvalue weighted by atomic mass is 15.2. The third-order valence-corrected chi connectivity index (χ3v) is 23.9. The highest BCUT2D eigenvalue weighted by molar-refractivity contribution is 6.12. The van der Waals surface area contributed by atoms with Crippen molar-refractivity contribution >= 4 is 77.7 Å². The Morgan fingerprint density at radius 2 is 0.584 bits per heavy atom. The van der Waals surface area contributed by atoms with E-state index in [0.717, 1.165) is 134 Å². The van der Waals surface area contributed by atoms with Gasteiger partial charge in [-0.1, -0.05) is 350 Å². The summed E-state index contributed by atoms with van der Waals surface area (Å²) >= 11 is 0. The van der Waals surface area contributed by atoms with Crippen LogP contribution in [-0.2, 0) is 28.1 Å². The van der Waals surface area contributed by atoms with Crippen LogP contribution in [0.4, 0.5) is 34.1 Å². The molecule has 17 aromatic rings. The first-order valence-electron chi connectivity index (χ1n) is 47.2. The summed E-state index contributed by atoms with van der Waals surface area (Å²) in [7, 11) is 0. The average Bonchev–Trinajstić information content (AvgIpc) is 1.66. The highest BCUT2D eigenvalue weighted by Crippen LogP contribution is 2.65. The second-order valence-electron chi connectivity index (χ2n) is 34.8. The first-order chi connectivity index (χ1) is 61.2. The van der Waals surface area contributed by atoms with E-state index in [1.54, 1.807) is 9.13 Å². The van der Waals surface area contributed by atoms with Crippen molar-refractivity contribution in [1.82, 2.24) is 9.13 Å². The van der Waals surface area contributed by atoms with Crippen molar-refractivity contribution in [2.45, 2.75) is 123 Å². The largest absolute Gasteiger partial charge is 0.309 e. The van der Waals surface area contributed by atoms with E-state index in [9.17, 15) is 21.9 Å². The van der Waals surface area contributed by atoms with Gasteiger partial charge in [-0.2, -0.15) is 0 Å². The van der Waals surface area contributed by atoms with E-state index in [1.807, 2.05) is 36.4 Å². The molecule has 113 heavy (non-hydrogen) atoms. The number of anilines is 6. The van der Waals surface area contributed by atoms with Crippen LogP contribution in [0.25, 0.3) is 99.5 Å². The number of hydrogen-bond acceptors (Lipinski definition) is 2. The minimum atomic E-state index is -0.809. The van der Waals surface area contributed by atoms with Gasteiger partial charge >= 0.3 is 0 Å². The quantitative estimate of drug-likeness (QED) is 0.143. The number of fused-ring (bicyclic) bond motifs is 12. The molecule has 0 bridgehead atoms. The van der Waals surface area contributed by atoms with Crippen LogP contribution >= 0.6 is 0 Å². The Kier molecular flexibility index (Phi) is 12.5. The number of rotatable bonds is 9. The van der Waals surface area contributed by atoms with Gasteiger partial charge in [-0.3, -0.25) is 0 Å². The third-order valence-electron chi connectivity index (χ3n) is 23.9. The molecule has 0 radical (unpaired) electrons. The topological polar surface area (TPSA) is 16.3 Å². The molecule has 550 valence electrons. The van der Waals surface area contributed by atoms with Crippen LogP contribution in [-0.4, -0.2) is 9.13 Å². The van der Waals surface area contributed by atoms with Crippen LogP contribution in [0.15, 0.2) is 327 Å². The minimum Gasteiger partial charge on any atom is -0.309 e. The Balaban J connectivity index is 1.02. The number of hydrogen-bond donors (Lipinski definition) is 0. The second-order valence-corrected chi connectivity index (χ2v) is 34.8. The highest BCUT2D eigenvalue weighted by Gasteiger charge is 2.45. The number of nitrogens with zero attached hydrogens (tertiary/aromatic N) is 4. The maximum Gasteiger partial charge on any atom is 0.0645 e. The molecule has 4 heterocycles. The van der Waals surface area contributed by atoms with Crippen LogP contribution in [0, 0.1) is 0 Å². The van der Waals surface area contributed by atoms with E-state index in [4.69, 9.17) is 0 Å². The average molecular weight is 1480 g/mol. The molecule has 4 nitrogen and oxygen atoms in total. The van der Waals surface area contributed by atoms with Crippen molar-refractivity contribution in [3.63, 3.8) is 0 Å². The Bertz CT molecular complexity index is 6940. The third kappa shape index (κ3) is 11.4. The molecule has 0 N–H and O–H groups in total. The van der Waals surface area contributed by atoms with Crippen molar-refractivity contribution in [3.8, 4) is 55.9 Å². The molecule has 0 amide bonds. The lowest BCUT2D eigenvalue weighted by atomic mass is 9.71. The van der Waals surface area contributed by atoms with Crippen molar-refractivity contribution in [1.29, 1.82) is 0 Å². The van der Waals surface area contributed by atoms with Crippen LogP contribution in [0.5, 0.6) is 0 Å². The molecule has 0 unspecified atom stereocenters. The molecular weight excluding hydrogens is 1370 g/mol. The fraction of sp³-hybridized carbons (Fsp3) is 0.174. The van der Waals surface area contributed by atoms with Crippen LogP contribution < -0.4 is 9.80 Å². The zero-order valence-electron chi connectivity index (χ0n) is 81.6. The molecule has 0 saturated carbocycles. The SMILES string of the molecule is [2H]c1c([2H])c([2H])c2c(c1[2H])c1c([2H])c([2H])c([2H])c([2H])c1n2-c1ccc2c(c1)N(c1c(-c3ccc(C(C)(C)C)cc3)cccc1-c1ccc(C(C)(C)C)cc1)c1cc(C3c4ccccc4Cc4ccccc43)cc3c1C2c1ccc(-n2c4c([2H])c([2H])c([2H])c([2H])c4c4c([2H])c([2H])c([2H])c([2H])c42)cc1N3c1c(-c2ccc(C(C)(C)C)cc2)cccc1-c1ccc(C(C)(C)C)cc1. The molecule has 2 aromatic heterocycles. The molecule has 0 fully saturated rings. The summed E-state index contributed by atoms with van der Waals surface area (Å²) in [6.45, 7) is 26.4. The van der Waals surface area contributed by atoms with Crippen molar-refractivity contribution in [2.24, 2.45) is 0 Å². The first-order valence-corrected chi connectivity index (χ1v) is 39.2. The lowest BCUT2D eigenvalue weighted by molar-refractivity contribution is 0.590. The van der Waals surface area contributed by atoms with Crippen LogP contribution in [0.2, 0.25) is 0 Å². The molecule has 15 aromatic carbocycles. The lowest BCUT2D eigenvalue weighted by Crippen LogP contribution is -2.31. The zero-order valence-corrected chi connectivity index (χ0v) is 65.6. The summed E-state index contributed by atoms with van der Waals surface area (Å²) in [5, 5.41) is -0.290.